The summed E-state index contributed by atoms with van der Waals surface area (Å²) in [6, 6.07) is 5.09. The van der Waals surface area contributed by atoms with Crippen molar-refractivity contribution in [2.75, 3.05) is 6.61 Å². The smallest absolute Gasteiger partial charge is 0.153 e. The fourth-order valence-corrected chi connectivity index (χ4v) is 1.73. The number of halogens is 1. The molecule has 1 aromatic carbocycles. The van der Waals surface area contributed by atoms with Crippen molar-refractivity contribution >= 4 is 17.9 Å². The SMILES string of the molecule is CCCC(C)COc1ccc(Cl)cc1C=O. The summed E-state index contributed by atoms with van der Waals surface area (Å²) in [5.74, 6) is 1.11. The van der Waals surface area contributed by atoms with Crippen molar-refractivity contribution in [3.05, 3.63) is 28.8 Å². The summed E-state index contributed by atoms with van der Waals surface area (Å²) in [5.41, 5.74) is 0.510. The van der Waals surface area contributed by atoms with Crippen molar-refractivity contribution in [2.45, 2.75) is 26.7 Å². The summed E-state index contributed by atoms with van der Waals surface area (Å²) in [6.07, 6.45) is 3.04. The van der Waals surface area contributed by atoms with Gasteiger partial charge in [-0.1, -0.05) is 31.9 Å². The van der Waals surface area contributed by atoms with Gasteiger partial charge >= 0.3 is 0 Å². The van der Waals surface area contributed by atoms with E-state index >= 15 is 0 Å². The highest BCUT2D eigenvalue weighted by Gasteiger charge is 2.06. The number of benzene rings is 1. The van der Waals surface area contributed by atoms with Crippen molar-refractivity contribution in [3.63, 3.8) is 0 Å². The van der Waals surface area contributed by atoms with Gasteiger partial charge in [-0.2, -0.15) is 0 Å². The summed E-state index contributed by atoms with van der Waals surface area (Å²) >= 11 is 5.79. The molecule has 16 heavy (non-hydrogen) atoms. The summed E-state index contributed by atoms with van der Waals surface area (Å²) in [6.45, 7) is 4.92. The average molecular weight is 241 g/mol. The Morgan fingerprint density at radius 2 is 2.25 bits per heavy atom. The lowest BCUT2D eigenvalue weighted by Crippen LogP contribution is -2.09. The van der Waals surface area contributed by atoms with Gasteiger partial charge in [0.05, 0.1) is 12.2 Å². The Bertz CT molecular complexity index is 350. The standard InChI is InChI=1S/C13H17ClO2/c1-3-4-10(2)9-16-13-6-5-12(14)7-11(13)8-15/h5-8,10H,3-4,9H2,1-2H3. The number of hydrogen-bond acceptors (Lipinski definition) is 2. The molecular formula is C13H17ClO2. The number of hydrogen-bond donors (Lipinski definition) is 0. The molecule has 0 fully saturated rings. The zero-order valence-corrected chi connectivity index (χ0v) is 10.5. The fraction of sp³-hybridized carbons (Fsp3) is 0.462. The highest BCUT2D eigenvalue weighted by molar-refractivity contribution is 6.30. The molecule has 3 heteroatoms. The molecule has 88 valence electrons. The zero-order valence-electron chi connectivity index (χ0n) is 9.70. The van der Waals surface area contributed by atoms with E-state index in [4.69, 9.17) is 16.3 Å². The molecule has 0 bridgehead atoms. The molecule has 0 aliphatic carbocycles. The third-order valence-electron chi connectivity index (χ3n) is 2.40. The molecule has 0 aromatic heterocycles. The minimum Gasteiger partial charge on any atom is -0.493 e. The molecule has 2 nitrogen and oxygen atoms in total. The Hall–Kier alpha value is -1.02. The summed E-state index contributed by atoms with van der Waals surface area (Å²) in [4.78, 5) is 10.8. The van der Waals surface area contributed by atoms with Gasteiger partial charge in [0.1, 0.15) is 5.75 Å². The van der Waals surface area contributed by atoms with Crippen LogP contribution in [0, 0.1) is 5.92 Å². The van der Waals surface area contributed by atoms with Crippen LogP contribution in [0.25, 0.3) is 0 Å². The van der Waals surface area contributed by atoms with Gasteiger partial charge in [0.15, 0.2) is 6.29 Å². The number of aldehydes is 1. The maximum absolute atomic E-state index is 10.8. The molecule has 0 N–H and O–H groups in total. The monoisotopic (exact) mass is 240 g/mol. The van der Waals surface area contributed by atoms with Gasteiger partial charge in [0, 0.05) is 5.02 Å². The molecular weight excluding hydrogens is 224 g/mol. The van der Waals surface area contributed by atoms with Gasteiger partial charge in [0.2, 0.25) is 0 Å². The molecule has 1 atom stereocenters. The minimum absolute atomic E-state index is 0.500. The first kappa shape index (κ1) is 13.0. The second-order valence-electron chi connectivity index (χ2n) is 4.00. The minimum atomic E-state index is 0.500. The van der Waals surface area contributed by atoms with Crippen LogP contribution >= 0.6 is 11.6 Å². The van der Waals surface area contributed by atoms with Crippen LogP contribution in [-0.2, 0) is 0 Å². The first-order valence-electron chi connectivity index (χ1n) is 5.55. The Kier molecular flexibility index (Phi) is 5.33. The van der Waals surface area contributed by atoms with E-state index in [0.717, 1.165) is 19.1 Å². The van der Waals surface area contributed by atoms with Gasteiger partial charge in [-0.05, 0) is 30.5 Å². The van der Waals surface area contributed by atoms with Crippen molar-refractivity contribution in [2.24, 2.45) is 5.92 Å². The van der Waals surface area contributed by atoms with Crippen LogP contribution in [0.3, 0.4) is 0 Å². The van der Waals surface area contributed by atoms with Gasteiger partial charge in [-0.15, -0.1) is 0 Å². The lowest BCUT2D eigenvalue weighted by Gasteiger charge is -2.13. The van der Waals surface area contributed by atoms with E-state index < -0.39 is 0 Å². The molecule has 0 saturated carbocycles. The fourth-order valence-electron chi connectivity index (χ4n) is 1.55. The molecule has 0 amide bonds. The van der Waals surface area contributed by atoms with Crippen molar-refractivity contribution in [1.82, 2.24) is 0 Å². The van der Waals surface area contributed by atoms with Crippen molar-refractivity contribution < 1.29 is 9.53 Å². The third kappa shape index (κ3) is 3.86. The second-order valence-corrected chi connectivity index (χ2v) is 4.44. The first-order chi connectivity index (χ1) is 7.67. The lowest BCUT2D eigenvalue weighted by atomic mass is 10.1. The first-order valence-corrected chi connectivity index (χ1v) is 5.92. The average Bonchev–Trinajstić information content (AvgIpc) is 2.27. The van der Waals surface area contributed by atoms with Crippen LogP contribution in [-0.4, -0.2) is 12.9 Å². The van der Waals surface area contributed by atoms with Crippen LogP contribution in [0.2, 0.25) is 5.02 Å². The predicted molar refractivity (Wildman–Crippen MR) is 66.4 cm³/mol. The van der Waals surface area contributed by atoms with E-state index in [1.165, 1.54) is 0 Å². The maximum atomic E-state index is 10.8. The lowest BCUT2D eigenvalue weighted by molar-refractivity contribution is 0.111. The molecule has 0 aliphatic rings. The quantitative estimate of drug-likeness (QED) is 0.704. The Morgan fingerprint density at radius 1 is 1.50 bits per heavy atom. The Labute approximate surface area is 102 Å². The highest BCUT2D eigenvalue weighted by atomic mass is 35.5. The van der Waals surface area contributed by atoms with E-state index in [-0.39, 0.29) is 0 Å². The molecule has 1 unspecified atom stereocenters. The Balaban J connectivity index is 2.62. The van der Waals surface area contributed by atoms with Gasteiger partial charge in [0.25, 0.3) is 0 Å². The molecule has 0 spiro atoms. The molecule has 1 aromatic rings. The molecule has 0 radical (unpaired) electrons. The number of carbonyl (C=O) groups is 1. The summed E-state index contributed by atoms with van der Waals surface area (Å²) in [5, 5.41) is 0.552. The van der Waals surface area contributed by atoms with Crippen molar-refractivity contribution in [1.29, 1.82) is 0 Å². The van der Waals surface area contributed by atoms with Crippen LogP contribution in [0.1, 0.15) is 37.0 Å². The van der Waals surface area contributed by atoms with Crippen LogP contribution < -0.4 is 4.74 Å². The Morgan fingerprint density at radius 3 is 2.88 bits per heavy atom. The number of rotatable bonds is 6. The van der Waals surface area contributed by atoms with Gasteiger partial charge in [-0.3, -0.25) is 4.79 Å². The van der Waals surface area contributed by atoms with Crippen LogP contribution in [0.5, 0.6) is 5.75 Å². The van der Waals surface area contributed by atoms with E-state index in [2.05, 4.69) is 13.8 Å². The van der Waals surface area contributed by atoms with E-state index in [9.17, 15) is 4.79 Å². The van der Waals surface area contributed by atoms with Crippen molar-refractivity contribution in [3.8, 4) is 5.75 Å². The highest BCUT2D eigenvalue weighted by Crippen LogP contribution is 2.22. The molecule has 1 rings (SSSR count). The molecule has 0 aliphatic heterocycles. The number of carbonyl (C=O) groups excluding carboxylic acids is 1. The van der Waals surface area contributed by atoms with E-state index in [1.54, 1.807) is 18.2 Å². The van der Waals surface area contributed by atoms with Crippen LogP contribution in [0.4, 0.5) is 0 Å². The normalized spacial score (nSPS) is 12.2. The molecule has 0 saturated heterocycles. The molecule has 0 heterocycles. The second kappa shape index (κ2) is 6.54. The summed E-state index contributed by atoms with van der Waals surface area (Å²) < 4.78 is 5.61. The number of ether oxygens (including phenoxy) is 1. The van der Waals surface area contributed by atoms with E-state index in [1.807, 2.05) is 0 Å². The van der Waals surface area contributed by atoms with Gasteiger partial charge < -0.3 is 4.74 Å². The van der Waals surface area contributed by atoms with Crippen LogP contribution in [0.15, 0.2) is 18.2 Å². The maximum Gasteiger partial charge on any atom is 0.153 e. The van der Waals surface area contributed by atoms with Gasteiger partial charge in [-0.25, -0.2) is 0 Å². The third-order valence-corrected chi connectivity index (χ3v) is 2.64. The predicted octanol–water partition coefficient (Wildman–Crippen LogP) is 3.97. The zero-order chi connectivity index (χ0) is 12.0. The largest absolute Gasteiger partial charge is 0.493 e. The van der Waals surface area contributed by atoms with E-state index in [0.29, 0.717) is 28.9 Å². The summed E-state index contributed by atoms with van der Waals surface area (Å²) in [7, 11) is 0. The topological polar surface area (TPSA) is 26.3 Å².